The van der Waals surface area contributed by atoms with Gasteiger partial charge in [0.25, 0.3) is 0 Å². The standard InChI is InChI=1S/C10H20O/c1-2-3-9-11-10-7-5-4-6-8-10/h10H,2-9H2,1H3/i11-14. The second kappa shape index (κ2) is 5.59. The highest BCUT2D eigenvalue weighted by Gasteiger charge is 2.12. The summed E-state index contributed by atoms with van der Waals surface area (Å²) in [7, 11) is 0. The van der Waals surface area contributed by atoms with Crippen LogP contribution in [0, 0.1) is 0 Å². The summed E-state index contributed by atoms with van der Waals surface area (Å²) in [5.41, 5.74) is 0. The van der Waals surface area contributed by atoms with Crippen molar-refractivity contribution in [2.45, 2.75) is 58.0 Å². The van der Waals surface area contributed by atoms with Gasteiger partial charge in [0.2, 0.25) is 0 Å². The van der Waals surface area contributed by atoms with Crippen LogP contribution in [0.2, 0.25) is 0 Å². The minimum atomic E-state index is 0.607. The molecule has 0 radical (unpaired) electrons. The zero-order chi connectivity index (χ0) is 7.94. The Balaban J connectivity index is 1.96. The van der Waals surface area contributed by atoms with Gasteiger partial charge in [-0.3, -0.25) is 0 Å². The van der Waals surface area contributed by atoms with E-state index in [-0.39, 0.29) is 0 Å². The smallest absolute Gasteiger partial charge is 0.0575 e. The molecule has 1 nitrogen and oxygen atoms in total. The Morgan fingerprint density at radius 2 is 1.91 bits per heavy atom. The van der Waals surface area contributed by atoms with E-state index in [1.165, 1.54) is 44.9 Å². The summed E-state index contributed by atoms with van der Waals surface area (Å²) in [5, 5.41) is 0. The van der Waals surface area contributed by atoms with E-state index >= 15 is 0 Å². The van der Waals surface area contributed by atoms with Crippen molar-refractivity contribution in [2.75, 3.05) is 6.61 Å². The van der Waals surface area contributed by atoms with E-state index < -0.39 is 0 Å². The van der Waals surface area contributed by atoms with Crippen LogP contribution in [0.25, 0.3) is 0 Å². The lowest BCUT2D eigenvalue weighted by Crippen LogP contribution is -2.16. The Morgan fingerprint density at radius 3 is 2.55 bits per heavy atom. The summed E-state index contributed by atoms with van der Waals surface area (Å²) >= 11 is 0. The fraction of sp³-hybridized carbons (Fsp3) is 1.00. The van der Waals surface area contributed by atoms with Gasteiger partial charge in [-0.1, -0.05) is 32.6 Å². The molecule has 0 spiro atoms. The zero-order valence-electron chi connectivity index (χ0n) is 7.64. The predicted octanol–water partition coefficient (Wildman–Crippen LogP) is 3.14. The lowest BCUT2D eigenvalue weighted by Gasteiger charge is -2.21. The SMILES string of the molecule is CCCC[2O]C1CCCCC1. The molecule has 0 aromatic carbocycles. The largest absolute Gasteiger partial charge is 0.378 e. The first kappa shape index (κ1) is 9.05. The second-order valence-corrected chi connectivity index (χ2v) is 3.48. The van der Waals surface area contributed by atoms with Gasteiger partial charge in [-0.25, -0.2) is 0 Å². The van der Waals surface area contributed by atoms with Crippen LogP contribution in [-0.4, -0.2) is 12.7 Å². The number of hydrogen-bond acceptors (Lipinski definition) is 1. The molecule has 0 aromatic heterocycles. The van der Waals surface area contributed by atoms with E-state index in [1.54, 1.807) is 0 Å². The van der Waals surface area contributed by atoms with Gasteiger partial charge in [-0.05, 0) is 19.3 Å². The third-order valence-corrected chi connectivity index (χ3v) is 2.40. The highest BCUT2D eigenvalue weighted by Crippen LogP contribution is 2.20. The number of hydrogen-bond donors (Lipinski definition) is 0. The van der Waals surface area contributed by atoms with Crippen LogP contribution in [0.5, 0.6) is 0 Å². The van der Waals surface area contributed by atoms with Crippen LogP contribution in [0.4, 0.5) is 0 Å². The number of unbranched alkanes of at least 4 members (excludes halogenated alkanes) is 1. The fourth-order valence-electron chi connectivity index (χ4n) is 1.63. The van der Waals surface area contributed by atoms with Crippen LogP contribution < -0.4 is 0 Å². The number of ether oxygens (including phenoxy) is 1. The van der Waals surface area contributed by atoms with E-state index in [0.29, 0.717) is 6.10 Å². The molecule has 0 bridgehead atoms. The maximum Gasteiger partial charge on any atom is 0.0575 e. The molecule has 0 unspecified atom stereocenters. The zero-order valence-corrected chi connectivity index (χ0v) is 7.64. The van der Waals surface area contributed by atoms with Gasteiger partial charge in [0.15, 0.2) is 0 Å². The summed E-state index contributed by atoms with van der Waals surface area (Å²) in [6.45, 7) is 3.20. The lowest BCUT2D eigenvalue weighted by atomic mass is 1.80. The van der Waals surface area contributed by atoms with Crippen molar-refractivity contribution in [2.24, 2.45) is 0 Å². The van der Waals surface area contributed by atoms with Crippen LogP contribution in [0.1, 0.15) is 51.9 Å². The maximum absolute atomic E-state index is 5.72. The van der Waals surface area contributed by atoms with Crippen LogP contribution in [0.3, 0.4) is 0 Å². The van der Waals surface area contributed by atoms with Gasteiger partial charge in [-0.15, -0.1) is 0 Å². The third kappa shape index (κ3) is 3.76. The Bertz CT molecular complexity index is 84.9. The van der Waals surface area contributed by atoms with Gasteiger partial charge < -0.3 is 4.74 Å². The first-order valence-corrected chi connectivity index (χ1v) is 5.05. The van der Waals surface area contributed by atoms with Crippen LogP contribution in [-0.2, 0) is 4.74 Å². The fourth-order valence-corrected chi connectivity index (χ4v) is 1.63. The van der Waals surface area contributed by atoms with Crippen molar-refractivity contribution in [3.8, 4) is 0 Å². The van der Waals surface area contributed by atoms with Crippen LogP contribution >= 0.6 is 0 Å². The Hall–Kier alpha value is -0.0400. The molecule has 1 saturated carbocycles. The topological polar surface area (TPSA) is 9.23 Å². The molecule has 1 rings (SSSR count). The quantitative estimate of drug-likeness (QED) is 0.548. The molecule has 11 heavy (non-hydrogen) atoms. The normalized spacial score (nSPS) is 20.5. The monoisotopic (exact) mass is 142 g/mol. The maximum atomic E-state index is 5.72. The van der Waals surface area contributed by atoms with Gasteiger partial charge in [0, 0.05) is 6.61 Å². The van der Waals surface area contributed by atoms with E-state index in [4.69, 9.17) is 4.74 Å². The minimum Gasteiger partial charge on any atom is -0.378 e. The van der Waals surface area contributed by atoms with Crippen molar-refractivity contribution < 1.29 is 4.74 Å². The van der Waals surface area contributed by atoms with E-state index in [9.17, 15) is 0 Å². The Kier molecular flexibility index (Phi) is 4.60. The molecular formula is C10H20O. The first-order valence-electron chi connectivity index (χ1n) is 5.05. The van der Waals surface area contributed by atoms with E-state index in [0.717, 1.165) is 6.61 Å². The third-order valence-electron chi connectivity index (χ3n) is 2.40. The van der Waals surface area contributed by atoms with E-state index in [1.807, 2.05) is 0 Å². The second-order valence-electron chi connectivity index (χ2n) is 3.48. The highest BCUT2D eigenvalue weighted by atomic mass is 14.0. The van der Waals surface area contributed by atoms with E-state index in [2.05, 4.69) is 6.92 Å². The molecule has 0 aromatic rings. The molecule has 1 aliphatic rings. The van der Waals surface area contributed by atoms with Crippen molar-refractivity contribution in [1.29, 1.82) is 0 Å². The summed E-state index contributed by atoms with van der Waals surface area (Å²) < 4.78 is 5.72. The van der Waals surface area contributed by atoms with Crippen molar-refractivity contribution >= 4 is 0 Å². The van der Waals surface area contributed by atoms with Gasteiger partial charge in [-0.2, -0.15) is 0 Å². The average molecular weight is 142 g/mol. The van der Waals surface area contributed by atoms with Gasteiger partial charge >= 0.3 is 0 Å². The summed E-state index contributed by atoms with van der Waals surface area (Å²) in [5.74, 6) is 0. The molecular weight excluding hydrogens is 122 g/mol. The minimum absolute atomic E-state index is 0.607. The average Bonchev–Trinajstić information content (AvgIpc) is 2.07. The summed E-state index contributed by atoms with van der Waals surface area (Å²) in [6.07, 6.45) is 9.91. The Morgan fingerprint density at radius 1 is 1.18 bits per heavy atom. The van der Waals surface area contributed by atoms with Crippen molar-refractivity contribution in [3.05, 3.63) is 0 Å². The summed E-state index contributed by atoms with van der Waals surface area (Å²) in [6, 6.07) is 0. The Labute approximate surface area is 70.1 Å². The van der Waals surface area contributed by atoms with Crippen molar-refractivity contribution in [1.82, 2.24) is 0 Å². The van der Waals surface area contributed by atoms with Crippen molar-refractivity contribution in [3.63, 3.8) is 0 Å². The summed E-state index contributed by atoms with van der Waals surface area (Å²) in [4.78, 5) is 0. The highest BCUT2D eigenvalue weighted by molar-refractivity contribution is 4.64. The molecule has 0 heterocycles. The molecule has 1 aliphatic carbocycles. The molecule has 1 heteroatoms. The first-order chi connectivity index (χ1) is 5.43. The predicted molar refractivity (Wildman–Crippen MR) is 47.7 cm³/mol. The molecule has 1 fully saturated rings. The molecule has 0 amide bonds. The van der Waals surface area contributed by atoms with Gasteiger partial charge in [0.1, 0.15) is 0 Å². The molecule has 66 valence electrons. The lowest BCUT2D eigenvalue weighted by molar-refractivity contribution is 0.0269. The number of rotatable bonds is 4. The molecule has 0 atom stereocenters. The van der Waals surface area contributed by atoms with Crippen LogP contribution in [0.15, 0.2) is 0 Å². The molecule has 0 aliphatic heterocycles. The molecule has 0 N–H and O–H groups in total. The molecule has 0 saturated heterocycles. The van der Waals surface area contributed by atoms with Gasteiger partial charge in [0.05, 0.1) is 6.10 Å².